The Morgan fingerprint density at radius 1 is 1.26 bits per heavy atom. The van der Waals surface area contributed by atoms with E-state index in [2.05, 4.69) is 48.5 Å². The first kappa shape index (κ1) is 14.1. The molecule has 0 aliphatic rings. The van der Waals surface area contributed by atoms with Crippen LogP contribution >= 0.6 is 11.6 Å². The van der Waals surface area contributed by atoms with E-state index in [-0.39, 0.29) is 6.04 Å². The van der Waals surface area contributed by atoms with Gasteiger partial charge in [-0.3, -0.25) is 4.68 Å². The van der Waals surface area contributed by atoms with Crippen LogP contribution in [0.3, 0.4) is 0 Å². The highest BCUT2D eigenvalue weighted by Gasteiger charge is 2.19. The lowest BCUT2D eigenvalue weighted by Gasteiger charge is -2.19. The first-order chi connectivity index (χ1) is 9.17. The Morgan fingerprint density at radius 2 is 1.95 bits per heavy atom. The molecular formula is C15H20ClN3. The molecule has 2 aromatic rings. The van der Waals surface area contributed by atoms with Crippen LogP contribution in [0.25, 0.3) is 0 Å². The summed E-state index contributed by atoms with van der Waals surface area (Å²) in [6, 6.07) is 8.75. The summed E-state index contributed by atoms with van der Waals surface area (Å²) >= 11 is 6.26. The molecule has 1 N–H and O–H groups in total. The summed E-state index contributed by atoms with van der Waals surface area (Å²) in [6.45, 7) is 5.13. The zero-order chi connectivity index (χ0) is 13.8. The predicted molar refractivity (Wildman–Crippen MR) is 79.6 cm³/mol. The summed E-state index contributed by atoms with van der Waals surface area (Å²) in [5.74, 6) is 0. The minimum Gasteiger partial charge on any atom is -0.305 e. The molecule has 102 valence electrons. The molecule has 0 fully saturated rings. The van der Waals surface area contributed by atoms with Gasteiger partial charge in [0, 0.05) is 7.05 Å². The quantitative estimate of drug-likeness (QED) is 0.908. The van der Waals surface area contributed by atoms with Gasteiger partial charge < -0.3 is 5.32 Å². The van der Waals surface area contributed by atoms with E-state index in [0.29, 0.717) is 5.02 Å². The maximum atomic E-state index is 6.26. The number of rotatable bonds is 5. The molecule has 1 atom stereocenters. The van der Waals surface area contributed by atoms with E-state index in [1.165, 1.54) is 11.1 Å². The Kier molecular flexibility index (Phi) is 4.61. The van der Waals surface area contributed by atoms with Gasteiger partial charge in [0.05, 0.1) is 23.0 Å². The van der Waals surface area contributed by atoms with Gasteiger partial charge in [-0.15, -0.1) is 0 Å². The van der Waals surface area contributed by atoms with Gasteiger partial charge in [0.15, 0.2) is 0 Å². The maximum absolute atomic E-state index is 6.26. The number of benzene rings is 1. The average Bonchev–Trinajstić information content (AvgIpc) is 2.76. The molecule has 0 radical (unpaired) electrons. The summed E-state index contributed by atoms with van der Waals surface area (Å²) < 4.78 is 1.84. The van der Waals surface area contributed by atoms with Crippen LogP contribution in [0.4, 0.5) is 0 Å². The molecule has 1 aromatic heterocycles. The van der Waals surface area contributed by atoms with Crippen molar-refractivity contribution in [2.45, 2.75) is 26.3 Å². The summed E-state index contributed by atoms with van der Waals surface area (Å²) in [7, 11) is 1.92. The molecule has 0 aliphatic heterocycles. The van der Waals surface area contributed by atoms with E-state index in [0.717, 1.165) is 18.7 Å². The van der Waals surface area contributed by atoms with Crippen molar-refractivity contribution in [2.75, 3.05) is 6.54 Å². The largest absolute Gasteiger partial charge is 0.305 e. The Morgan fingerprint density at radius 3 is 2.42 bits per heavy atom. The van der Waals surface area contributed by atoms with Gasteiger partial charge >= 0.3 is 0 Å². The molecule has 0 saturated heterocycles. The topological polar surface area (TPSA) is 29.9 Å². The number of aryl methyl sites for hydroxylation is 2. The van der Waals surface area contributed by atoms with Crippen molar-refractivity contribution in [1.82, 2.24) is 15.1 Å². The van der Waals surface area contributed by atoms with Crippen LogP contribution in [0.1, 0.15) is 36.7 Å². The number of aromatic nitrogens is 2. The van der Waals surface area contributed by atoms with E-state index >= 15 is 0 Å². The van der Waals surface area contributed by atoms with E-state index in [1.54, 1.807) is 6.20 Å². The van der Waals surface area contributed by atoms with Gasteiger partial charge in [-0.05, 0) is 24.1 Å². The number of nitrogens with zero attached hydrogens (tertiary/aromatic N) is 2. The van der Waals surface area contributed by atoms with Crippen molar-refractivity contribution in [2.24, 2.45) is 7.05 Å². The molecule has 0 amide bonds. The van der Waals surface area contributed by atoms with Crippen molar-refractivity contribution >= 4 is 11.6 Å². The van der Waals surface area contributed by atoms with Crippen LogP contribution in [-0.2, 0) is 13.5 Å². The molecule has 1 unspecified atom stereocenters. The highest BCUT2D eigenvalue weighted by molar-refractivity contribution is 6.31. The minimum absolute atomic E-state index is 0.0795. The van der Waals surface area contributed by atoms with Gasteiger partial charge in [-0.1, -0.05) is 49.7 Å². The number of nitrogens with one attached hydrogen (secondary N) is 1. The van der Waals surface area contributed by atoms with Crippen LogP contribution in [0.2, 0.25) is 5.02 Å². The van der Waals surface area contributed by atoms with E-state index in [9.17, 15) is 0 Å². The molecule has 19 heavy (non-hydrogen) atoms. The normalized spacial score (nSPS) is 12.6. The van der Waals surface area contributed by atoms with Crippen LogP contribution in [-0.4, -0.2) is 16.3 Å². The van der Waals surface area contributed by atoms with Crippen molar-refractivity contribution in [3.05, 3.63) is 52.3 Å². The fraction of sp³-hybridized carbons (Fsp3) is 0.400. The molecule has 0 bridgehead atoms. The van der Waals surface area contributed by atoms with Gasteiger partial charge in [0.25, 0.3) is 0 Å². The molecule has 2 rings (SSSR count). The van der Waals surface area contributed by atoms with Crippen LogP contribution in [0.15, 0.2) is 30.5 Å². The summed E-state index contributed by atoms with van der Waals surface area (Å²) in [4.78, 5) is 0. The third kappa shape index (κ3) is 2.99. The van der Waals surface area contributed by atoms with E-state index in [1.807, 2.05) is 11.7 Å². The Hall–Kier alpha value is -1.32. The van der Waals surface area contributed by atoms with Gasteiger partial charge in [-0.2, -0.15) is 5.10 Å². The highest BCUT2D eigenvalue weighted by Crippen LogP contribution is 2.28. The molecule has 0 saturated carbocycles. The fourth-order valence-corrected chi connectivity index (χ4v) is 2.54. The number of hydrogen-bond donors (Lipinski definition) is 1. The number of hydrogen-bond acceptors (Lipinski definition) is 2. The molecule has 4 heteroatoms. The van der Waals surface area contributed by atoms with Crippen LogP contribution in [0, 0.1) is 0 Å². The van der Waals surface area contributed by atoms with Gasteiger partial charge in [0.2, 0.25) is 0 Å². The molecular weight excluding hydrogens is 258 g/mol. The molecule has 1 heterocycles. The standard InChI is InChI=1S/C15H20ClN3/c1-4-11-6-8-12(9-7-11)14(17-5-2)15-13(16)10-18-19(15)3/h6-10,14,17H,4-5H2,1-3H3. The summed E-state index contributed by atoms with van der Waals surface area (Å²) in [6.07, 6.45) is 2.75. The maximum Gasteiger partial charge on any atom is 0.0837 e. The Bertz CT molecular complexity index is 511. The first-order valence-electron chi connectivity index (χ1n) is 6.67. The predicted octanol–water partition coefficient (Wildman–Crippen LogP) is 3.33. The molecule has 3 nitrogen and oxygen atoms in total. The fourth-order valence-electron chi connectivity index (χ4n) is 2.27. The average molecular weight is 278 g/mol. The van der Waals surface area contributed by atoms with Crippen LogP contribution < -0.4 is 5.32 Å². The lowest BCUT2D eigenvalue weighted by atomic mass is 10.0. The first-order valence-corrected chi connectivity index (χ1v) is 7.04. The SMILES string of the molecule is CCNC(c1ccc(CC)cc1)c1c(Cl)cnn1C. The Balaban J connectivity index is 2.39. The molecule has 0 aliphatic carbocycles. The Labute approximate surface area is 119 Å². The third-order valence-corrected chi connectivity index (χ3v) is 3.63. The summed E-state index contributed by atoms with van der Waals surface area (Å²) in [5, 5.41) is 8.40. The molecule has 0 spiro atoms. The van der Waals surface area contributed by atoms with E-state index < -0.39 is 0 Å². The second-order valence-electron chi connectivity index (χ2n) is 4.59. The van der Waals surface area contributed by atoms with Crippen molar-refractivity contribution in [3.8, 4) is 0 Å². The lowest BCUT2D eigenvalue weighted by Crippen LogP contribution is -2.24. The second-order valence-corrected chi connectivity index (χ2v) is 4.99. The van der Waals surface area contributed by atoms with Crippen LogP contribution in [0.5, 0.6) is 0 Å². The monoisotopic (exact) mass is 277 g/mol. The smallest absolute Gasteiger partial charge is 0.0837 e. The molecule has 1 aromatic carbocycles. The van der Waals surface area contributed by atoms with E-state index in [4.69, 9.17) is 11.6 Å². The second kappa shape index (κ2) is 6.22. The minimum atomic E-state index is 0.0795. The zero-order valence-electron chi connectivity index (χ0n) is 11.7. The van der Waals surface area contributed by atoms with Crippen molar-refractivity contribution in [1.29, 1.82) is 0 Å². The van der Waals surface area contributed by atoms with Gasteiger partial charge in [0.1, 0.15) is 0 Å². The van der Waals surface area contributed by atoms with Crippen molar-refractivity contribution < 1.29 is 0 Å². The highest BCUT2D eigenvalue weighted by atomic mass is 35.5. The third-order valence-electron chi connectivity index (χ3n) is 3.34. The summed E-state index contributed by atoms with van der Waals surface area (Å²) in [5.41, 5.74) is 3.56. The van der Waals surface area contributed by atoms with Crippen molar-refractivity contribution in [3.63, 3.8) is 0 Å². The lowest BCUT2D eigenvalue weighted by molar-refractivity contribution is 0.573. The van der Waals surface area contributed by atoms with Gasteiger partial charge in [-0.25, -0.2) is 0 Å². The number of halogens is 1. The zero-order valence-corrected chi connectivity index (χ0v) is 12.4.